The van der Waals surface area contributed by atoms with Gasteiger partial charge in [-0.1, -0.05) is 29.8 Å². The number of primary amides is 1. The van der Waals surface area contributed by atoms with E-state index >= 15 is 0 Å². The van der Waals surface area contributed by atoms with Gasteiger partial charge in [0, 0.05) is 11.3 Å². The van der Waals surface area contributed by atoms with Crippen molar-refractivity contribution in [1.82, 2.24) is 0 Å². The molecule has 4 nitrogen and oxygen atoms in total. The van der Waals surface area contributed by atoms with Crippen molar-refractivity contribution in [2.24, 2.45) is 5.73 Å². The summed E-state index contributed by atoms with van der Waals surface area (Å²) < 4.78 is 12.4. The standard InChI is InChI=1S/C14H13ClN2O2S/c15-12-7-10(16)5-6-13(12)20(19)8-9-3-1-2-4-11(9)14(17)18/h1-7H,8,16H2,(H2,17,18). The molecule has 2 aromatic rings. The monoisotopic (exact) mass is 308 g/mol. The fourth-order valence-electron chi connectivity index (χ4n) is 1.81. The minimum Gasteiger partial charge on any atom is -0.399 e. The molecule has 0 bridgehead atoms. The van der Waals surface area contributed by atoms with Crippen molar-refractivity contribution in [2.45, 2.75) is 10.6 Å². The Morgan fingerprint density at radius 3 is 2.55 bits per heavy atom. The summed E-state index contributed by atoms with van der Waals surface area (Å²) in [5.41, 5.74) is 12.4. The first-order chi connectivity index (χ1) is 9.49. The average Bonchev–Trinajstić information content (AvgIpc) is 2.38. The quantitative estimate of drug-likeness (QED) is 0.850. The number of nitrogen functional groups attached to an aromatic ring is 1. The second-order valence-corrected chi connectivity index (χ2v) is 6.03. The lowest BCUT2D eigenvalue weighted by Crippen LogP contribution is -2.14. The van der Waals surface area contributed by atoms with Crippen LogP contribution in [-0.4, -0.2) is 10.1 Å². The minimum atomic E-state index is -1.38. The third-order valence-corrected chi connectivity index (χ3v) is 4.62. The van der Waals surface area contributed by atoms with Gasteiger partial charge in [0.2, 0.25) is 5.91 Å². The Morgan fingerprint density at radius 1 is 1.20 bits per heavy atom. The zero-order valence-electron chi connectivity index (χ0n) is 10.5. The van der Waals surface area contributed by atoms with E-state index in [1.807, 2.05) is 0 Å². The second-order valence-electron chi connectivity index (χ2n) is 4.20. The zero-order chi connectivity index (χ0) is 14.7. The largest absolute Gasteiger partial charge is 0.399 e. The molecule has 6 heteroatoms. The summed E-state index contributed by atoms with van der Waals surface area (Å²) in [5.74, 6) is -0.371. The van der Waals surface area contributed by atoms with Gasteiger partial charge in [0.1, 0.15) is 0 Å². The molecule has 1 unspecified atom stereocenters. The SMILES string of the molecule is NC(=O)c1ccccc1CS(=O)c1ccc(N)cc1Cl. The van der Waals surface area contributed by atoms with Crippen LogP contribution in [0.5, 0.6) is 0 Å². The number of benzene rings is 2. The lowest BCUT2D eigenvalue weighted by atomic mass is 10.1. The van der Waals surface area contributed by atoms with Crippen LogP contribution in [0.4, 0.5) is 5.69 Å². The van der Waals surface area contributed by atoms with Crippen molar-refractivity contribution >= 4 is 34.0 Å². The van der Waals surface area contributed by atoms with E-state index in [-0.39, 0.29) is 5.75 Å². The van der Waals surface area contributed by atoms with Crippen LogP contribution >= 0.6 is 11.6 Å². The van der Waals surface area contributed by atoms with Crippen LogP contribution in [-0.2, 0) is 16.6 Å². The van der Waals surface area contributed by atoms with Gasteiger partial charge in [-0.05, 0) is 29.8 Å². The van der Waals surface area contributed by atoms with Crippen molar-refractivity contribution in [1.29, 1.82) is 0 Å². The minimum absolute atomic E-state index is 0.169. The number of hydrogen-bond donors (Lipinski definition) is 2. The summed E-state index contributed by atoms with van der Waals surface area (Å²) in [7, 11) is -1.38. The third-order valence-electron chi connectivity index (χ3n) is 2.77. The van der Waals surface area contributed by atoms with Crippen molar-refractivity contribution < 1.29 is 9.00 Å². The smallest absolute Gasteiger partial charge is 0.249 e. The predicted molar refractivity (Wildman–Crippen MR) is 80.9 cm³/mol. The van der Waals surface area contributed by atoms with E-state index < -0.39 is 16.7 Å². The van der Waals surface area contributed by atoms with E-state index in [0.717, 1.165) is 0 Å². The summed E-state index contributed by atoms with van der Waals surface area (Å²) >= 11 is 6.03. The number of halogens is 1. The molecule has 0 saturated carbocycles. The molecule has 0 spiro atoms. The maximum Gasteiger partial charge on any atom is 0.249 e. The van der Waals surface area contributed by atoms with Gasteiger partial charge >= 0.3 is 0 Å². The van der Waals surface area contributed by atoms with E-state index in [1.54, 1.807) is 42.5 Å². The van der Waals surface area contributed by atoms with Gasteiger partial charge < -0.3 is 11.5 Å². The third kappa shape index (κ3) is 3.18. The number of carbonyl (C=O) groups excluding carboxylic acids is 1. The van der Waals surface area contributed by atoms with E-state index in [9.17, 15) is 9.00 Å². The summed E-state index contributed by atoms with van der Waals surface area (Å²) in [5, 5.41) is 0.347. The van der Waals surface area contributed by atoms with Gasteiger partial charge in [-0.3, -0.25) is 9.00 Å². The normalized spacial score (nSPS) is 12.1. The highest BCUT2D eigenvalue weighted by Gasteiger charge is 2.14. The van der Waals surface area contributed by atoms with E-state index in [2.05, 4.69) is 0 Å². The molecule has 0 aliphatic carbocycles. The molecule has 20 heavy (non-hydrogen) atoms. The van der Waals surface area contributed by atoms with E-state index in [4.69, 9.17) is 23.1 Å². The lowest BCUT2D eigenvalue weighted by molar-refractivity contribution is 0.0999. The molecule has 0 radical (unpaired) electrons. The summed E-state index contributed by atoms with van der Waals surface area (Å²) in [6.07, 6.45) is 0. The number of hydrogen-bond acceptors (Lipinski definition) is 3. The lowest BCUT2D eigenvalue weighted by Gasteiger charge is -2.08. The molecule has 0 aliphatic heterocycles. The Hall–Kier alpha value is -1.85. The van der Waals surface area contributed by atoms with Crippen LogP contribution in [0.25, 0.3) is 0 Å². The van der Waals surface area contributed by atoms with Crippen molar-refractivity contribution in [2.75, 3.05) is 5.73 Å². The highest BCUT2D eigenvalue weighted by atomic mass is 35.5. The maximum atomic E-state index is 12.4. The van der Waals surface area contributed by atoms with Crippen LogP contribution in [0.3, 0.4) is 0 Å². The van der Waals surface area contributed by atoms with Crippen molar-refractivity contribution in [3.8, 4) is 0 Å². The Balaban J connectivity index is 2.30. The van der Waals surface area contributed by atoms with Gasteiger partial charge in [0.15, 0.2) is 0 Å². The highest BCUT2D eigenvalue weighted by molar-refractivity contribution is 7.84. The average molecular weight is 309 g/mol. The van der Waals surface area contributed by atoms with Gasteiger partial charge in [-0.25, -0.2) is 0 Å². The van der Waals surface area contributed by atoms with Gasteiger partial charge in [0.25, 0.3) is 0 Å². The van der Waals surface area contributed by atoms with Crippen LogP contribution < -0.4 is 11.5 Å². The molecule has 4 N–H and O–H groups in total. The molecule has 0 heterocycles. The first-order valence-electron chi connectivity index (χ1n) is 5.80. The van der Waals surface area contributed by atoms with Gasteiger partial charge in [-0.15, -0.1) is 0 Å². The molecule has 0 saturated heterocycles. The highest BCUT2D eigenvalue weighted by Crippen LogP contribution is 2.24. The molecule has 2 rings (SSSR count). The Morgan fingerprint density at radius 2 is 1.90 bits per heavy atom. The number of amides is 1. The number of rotatable bonds is 4. The fraction of sp³-hybridized carbons (Fsp3) is 0.0714. The first kappa shape index (κ1) is 14.6. The number of anilines is 1. The second kappa shape index (κ2) is 6.07. The summed E-state index contributed by atoms with van der Waals surface area (Å²) in [6.45, 7) is 0. The Bertz CT molecular complexity index is 689. The Labute approximate surface area is 124 Å². The van der Waals surface area contributed by atoms with Crippen molar-refractivity contribution in [3.63, 3.8) is 0 Å². The number of carbonyl (C=O) groups is 1. The fourth-order valence-corrected chi connectivity index (χ4v) is 3.44. The molecular weight excluding hydrogens is 296 g/mol. The summed E-state index contributed by atoms with van der Waals surface area (Å²) in [6, 6.07) is 11.6. The molecule has 0 aromatic heterocycles. The maximum absolute atomic E-state index is 12.4. The topological polar surface area (TPSA) is 86.2 Å². The van der Waals surface area contributed by atoms with Crippen LogP contribution in [0, 0.1) is 0 Å². The molecule has 0 fully saturated rings. The van der Waals surface area contributed by atoms with Gasteiger partial charge in [0.05, 0.1) is 26.5 Å². The summed E-state index contributed by atoms with van der Waals surface area (Å²) in [4.78, 5) is 11.8. The molecule has 104 valence electrons. The van der Waals surface area contributed by atoms with Gasteiger partial charge in [-0.2, -0.15) is 0 Å². The molecule has 1 amide bonds. The van der Waals surface area contributed by atoms with Crippen LogP contribution in [0.1, 0.15) is 15.9 Å². The van der Waals surface area contributed by atoms with Crippen LogP contribution in [0.2, 0.25) is 5.02 Å². The first-order valence-corrected chi connectivity index (χ1v) is 7.50. The number of nitrogens with two attached hydrogens (primary N) is 2. The van der Waals surface area contributed by atoms with Crippen molar-refractivity contribution in [3.05, 3.63) is 58.6 Å². The van der Waals surface area contributed by atoms with E-state index in [0.29, 0.717) is 26.7 Å². The molecular formula is C14H13ClN2O2S. The van der Waals surface area contributed by atoms with Crippen LogP contribution in [0.15, 0.2) is 47.4 Å². The molecule has 2 aromatic carbocycles. The Kier molecular flexibility index (Phi) is 4.42. The molecule has 1 atom stereocenters. The molecule has 0 aliphatic rings. The zero-order valence-corrected chi connectivity index (χ0v) is 12.1. The van der Waals surface area contributed by atoms with E-state index in [1.165, 1.54) is 0 Å². The predicted octanol–water partition coefficient (Wildman–Crippen LogP) is 2.33.